The predicted octanol–water partition coefficient (Wildman–Crippen LogP) is 3.36. The molecule has 1 aromatic rings. The number of halogens is 1. The first kappa shape index (κ1) is 15.5. The van der Waals surface area contributed by atoms with Crippen LogP contribution in [0.4, 0.5) is 0 Å². The highest BCUT2D eigenvalue weighted by molar-refractivity contribution is 6.34. The van der Waals surface area contributed by atoms with Gasteiger partial charge in [-0.2, -0.15) is 0 Å². The molecule has 0 spiro atoms. The largest absolute Gasteiger partial charge is 0.493 e. The zero-order chi connectivity index (χ0) is 15.8. The number of hydrogen-bond donors (Lipinski definition) is 0. The van der Waals surface area contributed by atoms with Crippen LogP contribution in [0.3, 0.4) is 0 Å². The van der Waals surface area contributed by atoms with Gasteiger partial charge in [-0.25, -0.2) is 11.4 Å². The molecular formula is C15H16ClNO4. The van der Waals surface area contributed by atoms with Crippen LogP contribution in [0.1, 0.15) is 34.3 Å². The third-order valence-corrected chi connectivity index (χ3v) is 4.15. The van der Waals surface area contributed by atoms with Crippen LogP contribution in [0.25, 0.3) is 4.85 Å². The normalized spacial score (nSPS) is 15.0. The van der Waals surface area contributed by atoms with Crippen molar-refractivity contribution in [2.75, 3.05) is 21.3 Å². The molecule has 0 heterocycles. The summed E-state index contributed by atoms with van der Waals surface area (Å²) in [5.74, 6) is 0.196. The third kappa shape index (κ3) is 2.20. The molecule has 21 heavy (non-hydrogen) atoms. The van der Waals surface area contributed by atoms with Crippen LogP contribution in [0.5, 0.6) is 11.5 Å². The van der Waals surface area contributed by atoms with Gasteiger partial charge in [0.2, 0.25) is 0 Å². The van der Waals surface area contributed by atoms with Gasteiger partial charge < -0.3 is 19.1 Å². The van der Waals surface area contributed by atoms with Crippen molar-refractivity contribution in [3.63, 3.8) is 0 Å². The Bertz CT molecular complexity index is 644. The topological polar surface area (TPSA) is 49.1 Å². The van der Waals surface area contributed by atoms with Crippen LogP contribution in [0.15, 0.2) is 0 Å². The summed E-state index contributed by atoms with van der Waals surface area (Å²) >= 11 is 6.42. The number of ether oxygens (including phenoxy) is 3. The van der Waals surface area contributed by atoms with Crippen LogP contribution in [0, 0.1) is 13.5 Å². The molecule has 0 bridgehead atoms. The molecule has 0 atom stereocenters. The maximum Gasteiger partial charge on any atom is 0.338 e. The molecule has 0 aliphatic heterocycles. The molecule has 5 nitrogen and oxygen atoms in total. The molecule has 0 aromatic heterocycles. The minimum atomic E-state index is -0.759. The Morgan fingerprint density at radius 1 is 1.24 bits per heavy atom. The van der Waals surface area contributed by atoms with E-state index in [2.05, 4.69) is 4.85 Å². The van der Waals surface area contributed by atoms with E-state index in [1.165, 1.54) is 21.3 Å². The lowest BCUT2D eigenvalue weighted by Crippen LogP contribution is -2.16. The number of nitrogens with zero attached hydrogens (tertiary/aromatic N) is 1. The van der Waals surface area contributed by atoms with Crippen molar-refractivity contribution in [1.29, 1.82) is 0 Å². The van der Waals surface area contributed by atoms with E-state index in [1.54, 1.807) is 6.92 Å². The standard InChI is InChI=1S/C15H16ClNO4/c1-8-9(14(18)21-5)10(15(17-2)6-7-15)11(16)13(20-4)12(8)19-3/h6-7H2,1,3-5H3. The first-order chi connectivity index (χ1) is 9.97. The summed E-state index contributed by atoms with van der Waals surface area (Å²) in [6.45, 7) is 9.17. The Labute approximate surface area is 128 Å². The highest BCUT2D eigenvalue weighted by Crippen LogP contribution is 2.57. The second-order valence-electron chi connectivity index (χ2n) is 4.89. The van der Waals surface area contributed by atoms with Gasteiger partial charge >= 0.3 is 5.97 Å². The van der Waals surface area contributed by atoms with Crippen molar-refractivity contribution in [2.45, 2.75) is 25.3 Å². The number of esters is 1. The van der Waals surface area contributed by atoms with Gasteiger partial charge in [0.05, 0.1) is 37.5 Å². The van der Waals surface area contributed by atoms with Gasteiger partial charge in [0.15, 0.2) is 11.5 Å². The van der Waals surface area contributed by atoms with Crippen LogP contribution in [-0.2, 0) is 10.3 Å². The summed E-state index contributed by atoms with van der Waals surface area (Å²) in [7, 11) is 4.25. The average Bonchev–Trinajstić information content (AvgIpc) is 3.28. The fraction of sp³-hybridized carbons (Fsp3) is 0.467. The minimum Gasteiger partial charge on any atom is -0.493 e. The van der Waals surface area contributed by atoms with Crippen molar-refractivity contribution < 1.29 is 19.0 Å². The summed E-state index contributed by atoms with van der Waals surface area (Å²) in [5, 5.41) is 0.244. The summed E-state index contributed by atoms with van der Waals surface area (Å²) in [5.41, 5.74) is 0.593. The molecule has 0 saturated heterocycles. The molecule has 2 rings (SSSR count). The van der Waals surface area contributed by atoms with Crippen molar-refractivity contribution >= 4 is 17.6 Å². The maximum absolute atomic E-state index is 12.2. The summed E-state index contributed by atoms with van der Waals surface area (Å²) < 4.78 is 15.5. The van der Waals surface area contributed by atoms with Crippen molar-refractivity contribution in [2.24, 2.45) is 0 Å². The first-order valence-electron chi connectivity index (χ1n) is 6.38. The fourth-order valence-corrected chi connectivity index (χ4v) is 2.99. The van der Waals surface area contributed by atoms with Crippen molar-refractivity contribution in [1.82, 2.24) is 0 Å². The lowest BCUT2D eigenvalue weighted by Gasteiger charge is -2.20. The van der Waals surface area contributed by atoms with E-state index in [1.807, 2.05) is 0 Å². The lowest BCUT2D eigenvalue weighted by molar-refractivity contribution is 0.0597. The highest BCUT2D eigenvalue weighted by Gasteiger charge is 2.57. The van der Waals surface area contributed by atoms with E-state index in [4.69, 9.17) is 32.4 Å². The zero-order valence-corrected chi connectivity index (χ0v) is 13.1. The molecule has 1 aliphatic rings. The number of methoxy groups -OCH3 is 3. The molecule has 0 unspecified atom stereocenters. The molecular weight excluding hydrogens is 294 g/mol. The smallest absolute Gasteiger partial charge is 0.338 e. The summed E-state index contributed by atoms with van der Waals surface area (Å²) in [6, 6.07) is 0. The number of benzene rings is 1. The van der Waals surface area contributed by atoms with Crippen LogP contribution in [0.2, 0.25) is 5.02 Å². The Morgan fingerprint density at radius 2 is 1.81 bits per heavy atom. The van der Waals surface area contributed by atoms with Crippen LogP contribution < -0.4 is 9.47 Å². The number of carbonyl (C=O) groups excluding carboxylic acids is 1. The van der Waals surface area contributed by atoms with E-state index in [0.717, 1.165) is 0 Å². The van der Waals surface area contributed by atoms with E-state index in [0.29, 0.717) is 41.0 Å². The SMILES string of the molecule is [C-]#[N+]C1(c2c(Cl)c(OC)c(OC)c(C)c2C(=O)OC)CC1. The highest BCUT2D eigenvalue weighted by atomic mass is 35.5. The molecule has 1 aromatic carbocycles. The van der Waals surface area contributed by atoms with Gasteiger partial charge in [-0.1, -0.05) is 11.6 Å². The van der Waals surface area contributed by atoms with Gasteiger partial charge in [0.1, 0.15) is 0 Å². The van der Waals surface area contributed by atoms with E-state index in [9.17, 15) is 4.79 Å². The van der Waals surface area contributed by atoms with Crippen molar-refractivity contribution in [3.8, 4) is 11.5 Å². The Balaban J connectivity index is 2.88. The Kier molecular flexibility index (Phi) is 4.02. The average molecular weight is 310 g/mol. The quantitative estimate of drug-likeness (QED) is 0.632. The predicted molar refractivity (Wildman–Crippen MR) is 78.1 cm³/mol. The number of carbonyl (C=O) groups is 1. The molecule has 6 heteroatoms. The molecule has 0 amide bonds. The van der Waals surface area contributed by atoms with E-state index >= 15 is 0 Å². The van der Waals surface area contributed by atoms with Crippen LogP contribution in [-0.4, -0.2) is 27.3 Å². The lowest BCUT2D eigenvalue weighted by atomic mass is 9.93. The second kappa shape index (κ2) is 5.45. The van der Waals surface area contributed by atoms with Gasteiger partial charge in [-0.3, -0.25) is 0 Å². The van der Waals surface area contributed by atoms with E-state index in [-0.39, 0.29) is 5.02 Å². The summed E-state index contributed by atoms with van der Waals surface area (Å²) in [4.78, 5) is 15.9. The number of hydrogen-bond acceptors (Lipinski definition) is 4. The third-order valence-electron chi connectivity index (χ3n) is 3.79. The van der Waals surface area contributed by atoms with E-state index < -0.39 is 11.5 Å². The molecule has 1 saturated carbocycles. The monoisotopic (exact) mass is 309 g/mol. The van der Waals surface area contributed by atoms with Crippen LogP contribution >= 0.6 is 11.6 Å². The van der Waals surface area contributed by atoms with Gasteiger partial charge in [-0.05, 0) is 6.92 Å². The van der Waals surface area contributed by atoms with Crippen molar-refractivity contribution in [3.05, 3.63) is 33.1 Å². The molecule has 0 radical (unpaired) electrons. The number of rotatable bonds is 4. The Morgan fingerprint density at radius 3 is 2.19 bits per heavy atom. The van der Waals surface area contributed by atoms with Gasteiger partial charge in [-0.15, -0.1) is 0 Å². The second-order valence-corrected chi connectivity index (χ2v) is 5.27. The van der Waals surface area contributed by atoms with Gasteiger partial charge in [0, 0.05) is 18.4 Å². The molecule has 0 N–H and O–H groups in total. The minimum absolute atomic E-state index is 0.244. The molecule has 1 fully saturated rings. The zero-order valence-electron chi connectivity index (χ0n) is 12.4. The Hall–Kier alpha value is -1.93. The molecule has 1 aliphatic carbocycles. The fourth-order valence-electron chi connectivity index (χ4n) is 2.55. The maximum atomic E-state index is 12.2. The van der Waals surface area contributed by atoms with Gasteiger partial charge in [0.25, 0.3) is 5.54 Å². The molecule has 112 valence electrons. The summed E-state index contributed by atoms with van der Waals surface area (Å²) in [6.07, 6.45) is 1.32. The first-order valence-corrected chi connectivity index (χ1v) is 6.76.